The molecule has 3 aromatic rings. The fraction of sp³-hybridized carbons (Fsp3) is 0.0625. The summed E-state index contributed by atoms with van der Waals surface area (Å²) in [5.74, 6) is -1.43. The minimum absolute atomic E-state index is 0.123. The van der Waals surface area contributed by atoms with E-state index >= 15 is 0 Å². The standard InChI is InChI=1S/C16H13FN4O2/c17-12-5-1-3-10(7-12)15-14(9-18)19-20-21(15)13-6-2-4-11(8-13)16(22)23/h1-8H,9,18H2,(H,22,23). The molecule has 0 radical (unpaired) electrons. The van der Waals surface area contributed by atoms with E-state index in [1.54, 1.807) is 24.3 Å². The fourth-order valence-electron chi connectivity index (χ4n) is 2.33. The van der Waals surface area contributed by atoms with Crippen molar-refractivity contribution in [2.45, 2.75) is 6.54 Å². The molecular formula is C16H13FN4O2. The summed E-state index contributed by atoms with van der Waals surface area (Å²) in [6.07, 6.45) is 0. The van der Waals surface area contributed by atoms with Gasteiger partial charge in [-0.25, -0.2) is 13.9 Å². The first-order valence-electron chi connectivity index (χ1n) is 6.84. The van der Waals surface area contributed by atoms with Crippen LogP contribution in [0.1, 0.15) is 16.1 Å². The molecule has 0 saturated carbocycles. The van der Waals surface area contributed by atoms with Gasteiger partial charge in [-0.3, -0.25) is 0 Å². The van der Waals surface area contributed by atoms with Crippen LogP contribution in [0.15, 0.2) is 48.5 Å². The molecule has 0 spiro atoms. The van der Waals surface area contributed by atoms with Crippen LogP contribution >= 0.6 is 0 Å². The highest BCUT2D eigenvalue weighted by Crippen LogP contribution is 2.26. The third kappa shape index (κ3) is 2.82. The number of carboxylic acids is 1. The topological polar surface area (TPSA) is 94.0 Å². The van der Waals surface area contributed by atoms with E-state index in [4.69, 9.17) is 10.8 Å². The van der Waals surface area contributed by atoms with Gasteiger partial charge in [0.15, 0.2) is 0 Å². The molecule has 1 heterocycles. The van der Waals surface area contributed by atoms with Crippen molar-refractivity contribution in [3.05, 3.63) is 65.6 Å². The number of carbonyl (C=O) groups is 1. The molecule has 0 aliphatic rings. The Hall–Kier alpha value is -3.06. The molecule has 0 aliphatic carbocycles. The highest BCUT2D eigenvalue weighted by molar-refractivity contribution is 5.88. The minimum atomic E-state index is -1.04. The maximum Gasteiger partial charge on any atom is 0.335 e. The Balaban J connectivity index is 2.20. The average molecular weight is 312 g/mol. The summed E-state index contributed by atoms with van der Waals surface area (Å²) in [5.41, 5.74) is 7.92. The van der Waals surface area contributed by atoms with Gasteiger partial charge in [-0.05, 0) is 30.3 Å². The van der Waals surface area contributed by atoms with Gasteiger partial charge in [-0.2, -0.15) is 0 Å². The summed E-state index contributed by atoms with van der Waals surface area (Å²) in [5, 5.41) is 17.2. The number of nitrogens with zero attached hydrogens (tertiary/aromatic N) is 3. The molecule has 3 N–H and O–H groups in total. The number of hydrogen-bond acceptors (Lipinski definition) is 4. The van der Waals surface area contributed by atoms with Crippen LogP contribution in [-0.2, 0) is 6.54 Å². The SMILES string of the molecule is NCc1nnn(-c2cccc(C(=O)O)c2)c1-c1cccc(F)c1. The van der Waals surface area contributed by atoms with Gasteiger partial charge in [0.05, 0.1) is 16.9 Å². The summed E-state index contributed by atoms with van der Waals surface area (Å²) in [4.78, 5) is 11.1. The molecule has 0 fully saturated rings. The molecule has 0 unspecified atom stereocenters. The summed E-state index contributed by atoms with van der Waals surface area (Å²) in [6, 6.07) is 12.3. The maximum atomic E-state index is 13.5. The number of hydrogen-bond donors (Lipinski definition) is 2. The molecule has 0 bridgehead atoms. The monoisotopic (exact) mass is 312 g/mol. The number of benzene rings is 2. The number of carboxylic acid groups (broad SMARTS) is 1. The Morgan fingerprint density at radius 2 is 2.00 bits per heavy atom. The first-order valence-corrected chi connectivity index (χ1v) is 6.84. The van der Waals surface area contributed by atoms with E-state index in [9.17, 15) is 9.18 Å². The van der Waals surface area contributed by atoms with E-state index in [1.807, 2.05) is 0 Å². The Morgan fingerprint density at radius 1 is 1.22 bits per heavy atom. The highest BCUT2D eigenvalue weighted by atomic mass is 19.1. The quantitative estimate of drug-likeness (QED) is 0.770. The van der Waals surface area contributed by atoms with Crippen molar-refractivity contribution in [1.29, 1.82) is 0 Å². The van der Waals surface area contributed by atoms with Gasteiger partial charge in [-0.15, -0.1) is 5.10 Å². The predicted molar refractivity (Wildman–Crippen MR) is 81.6 cm³/mol. The van der Waals surface area contributed by atoms with Crippen LogP contribution in [0.3, 0.4) is 0 Å². The molecule has 2 aromatic carbocycles. The van der Waals surface area contributed by atoms with Gasteiger partial charge < -0.3 is 10.8 Å². The summed E-state index contributed by atoms with van der Waals surface area (Å²) in [7, 11) is 0. The molecule has 0 amide bonds. The Labute approximate surface area is 131 Å². The van der Waals surface area contributed by atoms with Crippen molar-refractivity contribution in [2.24, 2.45) is 5.73 Å². The lowest BCUT2D eigenvalue weighted by atomic mass is 10.1. The zero-order valence-electron chi connectivity index (χ0n) is 12.0. The second kappa shape index (κ2) is 5.98. The molecule has 7 heteroatoms. The van der Waals surface area contributed by atoms with Gasteiger partial charge in [0.2, 0.25) is 0 Å². The van der Waals surface area contributed by atoms with Crippen molar-refractivity contribution < 1.29 is 14.3 Å². The molecule has 0 atom stereocenters. The number of aromatic nitrogens is 3. The van der Waals surface area contributed by atoms with E-state index in [0.29, 0.717) is 22.6 Å². The second-order valence-corrected chi connectivity index (χ2v) is 4.87. The molecule has 0 aliphatic heterocycles. The van der Waals surface area contributed by atoms with E-state index < -0.39 is 11.8 Å². The summed E-state index contributed by atoms with van der Waals surface area (Å²) < 4.78 is 15.0. The summed E-state index contributed by atoms with van der Waals surface area (Å²) in [6.45, 7) is 0.129. The maximum absolute atomic E-state index is 13.5. The van der Waals surface area contributed by atoms with Crippen LogP contribution in [0, 0.1) is 5.82 Å². The lowest BCUT2D eigenvalue weighted by Gasteiger charge is -2.09. The molecule has 3 rings (SSSR count). The van der Waals surface area contributed by atoms with Gasteiger partial charge >= 0.3 is 5.97 Å². The van der Waals surface area contributed by atoms with Crippen LogP contribution in [0.2, 0.25) is 0 Å². The molecular weight excluding hydrogens is 299 g/mol. The van der Waals surface area contributed by atoms with Crippen molar-refractivity contribution in [1.82, 2.24) is 15.0 Å². The zero-order chi connectivity index (χ0) is 16.4. The van der Waals surface area contributed by atoms with Gasteiger partial charge in [0, 0.05) is 12.1 Å². The molecule has 116 valence electrons. The lowest BCUT2D eigenvalue weighted by molar-refractivity contribution is 0.0697. The van der Waals surface area contributed by atoms with Crippen molar-refractivity contribution in [2.75, 3.05) is 0 Å². The summed E-state index contributed by atoms with van der Waals surface area (Å²) >= 11 is 0. The van der Waals surface area contributed by atoms with Gasteiger partial charge in [0.25, 0.3) is 0 Å². The largest absolute Gasteiger partial charge is 0.478 e. The number of rotatable bonds is 4. The fourth-order valence-corrected chi connectivity index (χ4v) is 2.33. The second-order valence-electron chi connectivity index (χ2n) is 4.87. The van der Waals surface area contributed by atoms with Crippen molar-refractivity contribution >= 4 is 5.97 Å². The average Bonchev–Trinajstić information content (AvgIpc) is 2.99. The van der Waals surface area contributed by atoms with Crippen molar-refractivity contribution in [3.8, 4) is 16.9 Å². The van der Waals surface area contributed by atoms with Crippen LogP contribution in [-0.4, -0.2) is 26.1 Å². The van der Waals surface area contributed by atoms with Crippen LogP contribution < -0.4 is 5.73 Å². The predicted octanol–water partition coefficient (Wildman–Crippen LogP) is 2.23. The van der Waals surface area contributed by atoms with E-state index in [0.717, 1.165) is 0 Å². The van der Waals surface area contributed by atoms with E-state index in [1.165, 1.54) is 28.9 Å². The highest BCUT2D eigenvalue weighted by Gasteiger charge is 2.16. The Morgan fingerprint density at radius 3 is 2.70 bits per heavy atom. The van der Waals surface area contributed by atoms with Gasteiger partial charge in [-0.1, -0.05) is 23.4 Å². The van der Waals surface area contributed by atoms with Crippen LogP contribution in [0.25, 0.3) is 16.9 Å². The number of halogens is 1. The Bertz CT molecular complexity index is 876. The van der Waals surface area contributed by atoms with Gasteiger partial charge in [0.1, 0.15) is 11.5 Å². The van der Waals surface area contributed by atoms with E-state index in [-0.39, 0.29) is 12.1 Å². The Kier molecular flexibility index (Phi) is 3.86. The molecule has 0 saturated heterocycles. The third-order valence-corrected chi connectivity index (χ3v) is 3.37. The van der Waals surface area contributed by atoms with Crippen LogP contribution in [0.4, 0.5) is 4.39 Å². The number of aromatic carboxylic acids is 1. The van der Waals surface area contributed by atoms with Crippen LogP contribution in [0.5, 0.6) is 0 Å². The molecule has 6 nitrogen and oxygen atoms in total. The third-order valence-electron chi connectivity index (χ3n) is 3.37. The first-order chi connectivity index (χ1) is 11.1. The first kappa shape index (κ1) is 14.9. The normalized spacial score (nSPS) is 10.7. The van der Waals surface area contributed by atoms with Crippen molar-refractivity contribution in [3.63, 3.8) is 0 Å². The van der Waals surface area contributed by atoms with E-state index in [2.05, 4.69) is 10.3 Å². The lowest BCUT2D eigenvalue weighted by Crippen LogP contribution is -2.04. The zero-order valence-corrected chi connectivity index (χ0v) is 12.0. The number of nitrogens with two attached hydrogens (primary N) is 1. The smallest absolute Gasteiger partial charge is 0.335 e. The minimum Gasteiger partial charge on any atom is -0.478 e. The molecule has 1 aromatic heterocycles. The molecule has 23 heavy (non-hydrogen) atoms.